The van der Waals surface area contributed by atoms with Gasteiger partial charge in [0.2, 0.25) is 0 Å². The van der Waals surface area contributed by atoms with E-state index in [2.05, 4.69) is 36.7 Å². The standard InChI is InChI=1S/C18H23BrN6O2/c1-4-25-23-17(22-24-25)16-18(3,13(10-26)11(2)21-16)12-6-5-7-14(19)15(12)27-9-8-20/h5-7,10,16,21H,4,8-9,20H2,1-3H3. The first kappa shape index (κ1) is 19.5. The summed E-state index contributed by atoms with van der Waals surface area (Å²) >= 11 is 3.56. The summed E-state index contributed by atoms with van der Waals surface area (Å²) in [6, 6.07) is 5.42. The molecule has 9 heteroatoms. The predicted molar refractivity (Wildman–Crippen MR) is 104 cm³/mol. The molecule has 0 fully saturated rings. The van der Waals surface area contributed by atoms with Crippen molar-refractivity contribution in [3.63, 3.8) is 0 Å². The van der Waals surface area contributed by atoms with E-state index >= 15 is 0 Å². The summed E-state index contributed by atoms with van der Waals surface area (Å²) < 4.78 is 6.73. The van der Waals surface area contributed by atoms with E-state index < -0.39 is 5.41 Å². The normalized spacial score (nSPS) is 22.0. The summed E-state index contributed by atoms with van der Waals surface area (Å²) in [5, 5.41) is 16.1. The first-order valence-corrected chi connectivity index (χ1v) is 9.59. The highest BCUT2D eigenvalue weighted by Crippen LogP contribution is 2.51. The van der Waals surface area contributed by atoms with E-state index in [0.29, 0.717) is 36.8 Å². The minimum atomic E-state index is -0.735. The SMILES string of the molecule is CCn1nnc(C2NC(C)=C(C=O)C2(C)c2cccc(Br)c2OCCN)n1. The number of aryl methyl sites for hydroxylation is 1. The lowest BCUT2D eigenvalue weighted by Crippen LogP contribution is -2.35. The first-order valence-electron chi connectivity index (χ1n) is 8.79. The molecule has 3 rings (SSSR count). The third kappa shape index (κ3) is 3.25. The van der Waals surface area contributed by atoms with Crippen LogP contribution >= 0.6 is 15.9 Å². The van der Waals surface area contributed by atoms with Gasteiger partial charge in [-0.05, 0) is 48.0 Å². The zero-order valence-corrected chi connectivity index (χ0v) is 17.2. The van der Waals surface area contributed by atoms with E-state index in [1.54, 1.807) is 0 Å². The molecule has 0 saturated heterocycles. The minimum Gasteiger partial charge on any atom is -0.491 e. The van der Waals surface area contributed by atoms with Gasteiger partial charge in [-0.1, -0.05) is 12.1 Å². The summed E-state index contributed by atoms with van der Waals surface area (Å²) in [5.41, 5.74) is 7.17. The van der Waals surface area contributed by atoms with Crippen LogP contribution in [-0.4, -0.2) is 39.6 Å². The Kier molecular flexibility index (Phi) is 5.61. The van der Waals surface area contributed by atoms with Crippen molar-refractivity contribution in [2.75, 3.05) is 13.2 Å². The smallest absolute Gasteiger partial charge is 0.198 e. The number of para-hydroxylation sites is 1. The number of tetrazole rings is 1. The average Bonchev–Trinajstić information content (AvgIpc) is 3.23. The quantitative estimate of drug-likeness (QED) is 0.640. The number of rotatable bonds is 7. The van der Waals surface area contributed by atoms with Crippen molar-refractivity contribution in [2.24, 2.45) is 5.73 Å². The van der Waals surface area contributed by atoms with Crippen LogP contribution in [0.25, 0.3) is 0 Å². The summed E-state index contributed by atoms with van der Waals surface area (Å²) in [6.45, 7) is 7.19. The Morgan fingerprint density at radius 2 is 2.26 bits per heavy atom. The molecule has 1 aliphatic heterocycles. The number of nitrogens with two attached hydrogens (primary N) is 1. The van der Waals surface area contributed by atoms with E-state index in [1.165, 1.54) is 4.80 Å². The van der Waals surface area contributed by atoms with Crippen LogP contribution in [0.15, 0.2) is 33.9 Å². The number of aldehydes is 1. The molecule has 27 heavy (non-hydrogen) atoms. The average molecular weight is 435 g/mol. The fourth-order valence-corrected chi connectivity index (χ4v) is 4.03. The van der Waals surface area contributed by atoms with Crippen LogP contribution in [0.5, 0.6) is 5.75 Å². The molecular weight excluding hydrogens is 412 g/mol. The molecule has 0 spiro atoms. The summed E-state index contributed by atoms with van der Waals surface area (Å²) in [4.78, 5) is 13.5. The fraction of sp³-hybridized carbons (Fsp3) is 0.444. The van der Waals surface area contributed by atoms with Crippen LogP contribution in [0.4, 0.5) is 0 Å². The second-order valence-corrected chi connectivity index (χ2v) is 7.38. The van der Waals surface area contributed by atoms with Crippen LogP contribution in [0, 0.1) is 0 Å². The maximum absolute atomic E-state index is 12.0. The molecule has 0 amide bonds. The number of carbonyl (C=O) groups is 1. The number of halogens is 1. The fourth-order valence-electron chi connectivity index (χ4n) is 3.55. The number of hydrogen-bond acceptors (Lipinski definition) is 7. The van der Waals surface area contributed by atoms with Crippen molar-refractivity contribution >= 4 is 22.2 Å². The molecule has 0 radical (unpaired) electrons. The number of nitrogens with zero attached hydrogens (tertiary/aromatic N) is 4. The number of hydrogen-bond donors (Lipinski definition) is 2. The topological polar surface area (TPSA) is 108 Å². The van der Waals surface area contributed by atoms with Gasteiger partial charge in [0.25, 0.3) is 0 Å². The number of nitrogens with one attached hydrogen (secondary N) is 1. The van der Waals surface area contributed by atoms with Crippen molar-refractivity contribution < 1.29 is 9.53 Å². The summed E-state index contributed by atoms with van der Waals surface area (Å²) in [5.74, 6) is 1.19. The lowest BCUT2D eigenvalue weighted by atomic mass is 9.71. The Morgan fingerprint density at radius 1 is 1.48 bits per heavy atom. The van der Waals surface area contributed by atoms with Gasteiger partial charge in [-0.3, -0.25) is 4.79 Å². The molecule has 0 bridgehead atoms. The molecule has 2 heterocycles. The Morgan fingerprint density at radius 3 is 2.89 bits per heavy atom. The Hall–Kier alpha value is -2.26. The number of ether oxygens (including phenoxy) is 1. The van der Waals surface area contributed by atoms with Gasteiger partial charge in [-0.2, -0.15) is 4.80 Å². The third-order valence-electron chi connectivity index (χ3n) is 4.92. The van der Waals surface area contributed by atoms with Crippen LogP contribution in [0.2, 0.25) is 0 Å². The molecule has 2 unspecified atom stereocenters. The number of carbonyl (C=O) groups excluding carboxylic acids is 1. The summed E-state index contributed by atoms with van der Waals surface area (Å²) in [7, 11) is 0. The maximum Gasteiger partial charge on any atom is 0.198 e. The molecule has 2 aromatic rings. The Bertz CT molecular complexity index is 880. The van der Waals surface area contributed by atoms with Gasteiger partial charge in [0.05, 0.1) is 16.4 Å². The Labute approximate surface area is 166 Å². The number of allylic oxidation sites excluding steroid dienone is 1. The van der Waals surface area contributed by atoms with Gasteiger partial charge in [0.1, 0.15) is 24.7 Å². The molecule has 1 aromatic heterocycles. The zero-order valence-electron chi connectivity index (χ0n) is 15.6. The van der Waals surface area contributed by atoms with Crippen molar-refractivity contribution in [1.82, 2.24) is 25.5 Å². The lowest BCUT2D eigenvalue weighted by molar-refractivity contribution is -0.105. The van der Waals surface area contributed by atoms with E-state index in [4.69, 9.17) is 10.5 Å². The monoisotopic (exact) mass is 434 g/mol. The highest BCUT2D eigenvalue weighted by molar-refractivity contribution is 9.10. The van der Waals surface area contributed by atoms with Crippen molar-refractivity contribution in [2.45, 2.75) is 38.8 Å². The number of benzene rings is 1. The highest BCUT2D eigenvalue weighted by atomic mass is 79.9. The number of aromatic nitrogens is 4. The second kappa shape index (κ2) is 7.77. The zero-order chi connectivity index (χ0) is 19.6. The molecule has 2 atom stereocenters. The van der Waals surface area contributed by atoms with Crippen molar-refractivity contribution in [1.29, 1.82) is 0 Å². The molecule has 144 valence electrons. The molecule has 3 N–H and O–H groups in total. The molecular formula is C18H23BrN6O2. The maximum atomic E-state index is 12.0. The van der Waals surface area contributed by atoms with Crippen LogP contribution in [0.3, 0.4) is 0 Å². The Balaban J connectivity index is 2.18. The van der Waals surface area contributed by atoms with Crippen molar-refractivity contribution in [3.05, 3.63) is 45.3 Å². The predicted octanol–water partition coefficient (Wildman–Crippen LogP) is 1.87. The minimum absolute atomic E-state index is 0.354. The van der Waals surface area contributed by atoms with E-state index in [9.17, 15) is 4.79 Å². The first-order chi connectivity index (χ1) is 13.0. The lowest BCUT2D eigenvalue weighted by Gasteiger charge is -2.33. The van der Waals surface area contributed by atoms with E-state index in [1.807, 2.05) is 39.0 Å². The van der Waals surface area contributed by atoms with Crippen LogP contribution in [0.1, 0.15) is 38.2 Å². The van der Waals surface area contributed by atoms with Gasteiger partial charge < -0.3 is 15.8 Å². The van der Waals surface area contributed by atoms with E-state index in [0.717, 1.165) is 22.0 Å². The second-order valence-electron chi connectivity index (χ2n) is 6.53. The molecule has 8 nitrogen and oxygen atoms in total. The van der Waals surface area contributed by atoms with Gasteiger partial charge in [0.15, 0.2) is 5.82 Å². The van der Waals surface area contributed by atoms with Gasteiger partial charge in [0, 0.05) is 23.4 Å². The van der Waals surface area contributed by atoms with Crippen LogP contribution < -0.4 is 15.8 Å². The third-order valence-corrected chi connectivity index (χ3v) is 5.54. The van der Waals surface area contributed by atoms with Gasteiger partial charge in [-0.15, -0.1) is 10.2 Å². The highest BCUT2D eigenvalue weighted by Gasteiger charge is 2.49. The summed E-state index contributed by atoms with van der Waals surface area (Å²) in [6.07, 6.45) is 0.889. The molecule has 1 aliphatic rings. The van der Waals surface area contributed by atoms with Crippen molar-refractivity contribution in [3.8, 4) is 5.75 Å². The molecule has 0 aliphatic carbocycles. The molecule has 0 saturated carbocycles. The van der Waals surface area contributed by atoms with Crippen LogP contribution in [-0.2, 0) is 16.8 Å². The largest absolute Gasteiger partial charge is 0.491 e. The van der Waals surface area contributed by atoms with Gasteiger partial charge in [-0.25, -0.2) is 0 Å². The molecule has 1 aromatic carbocycles. The van der Waals surface area contributed by atoms with E-state index in [-0.39, 0.29) is 6.04 Å². The van der Waals surface area contributed by atoms with Gasteiger partial charge >= 0.3 is 0 Å².